The van der Waals surface area contributed by atoms with Gasteiger partial charge in [-0.25, -0.2) is 16.3 Å². The molecule has 0 aromatic heterocycles. The average Bonchev–Trinajstić information content (AvgIpc) is 3.06. The Hall–Kier alpha value is -2.12. The van der Waals surface area contributed by atoms with Gasteiger partial charge in [0.1, 0.15) is 11.8 Å². The third-order valence-corrected chi connectivity index (χ3v) is 4.22. The normalized spacial score (nSPS) is 20.1. The molecule has 1 aliphatic heterocycles. The zero-order valence-electron chi connectivity index (χ0n) is 13.0. The number of benzene rings is 2. The van der Waals surface area contributed by atoms with Gasteiger partial charge < -0.3 is 5.11 Å². The Bertz CT molecular complexity index is 775. The van der Waals surface area contributed by atoms with Crippen molar-refractivity contribution in [3.8, 4) is 5.75 Å². The number of hydrogen-bond donors (Lipinski definition) is 4. The lowest BCUT2D eigenvalue weighted by atomic mass is 10.0. The number of hydrazine groups is 1. The van der Waals surface area contributed by atoms with Crippen LogP contribution in [0, 0.1) is 0 Å². The lowest BCUT2D eigenvalue weighted by Crippen LogP contribution is -2.41. The van der Waals surface area contributed by atoms with Gasteiger partial charge in [-0.1, -0.05) is 23.2 Å². The highest BCUT2D eigenvalue weighted by Crippen LogP contribution is 2.28. The highest BCUT2D eigenvalue weighted by molar-refractivity contribution is 6.34. The first-order valence-corrected chi connectivity index (χ1v) is 8.36. The quantitative estimate of drug-likeness (QED) is 0.486. The number of carbonyl (C=O) groups excluding carboxylic acids is 1. The van der Waals surface area contributed by atoms with Gasteiger partial charge >= 0.3 is 0 Å². The van der Waals surface area contributed by atoms with Crippen molar-refractivity contribution in [1.82, 2.24) is 16.3 Å². The molecule has 130 valence electrons. The molecule has 0 spiro atoms. The number of phenolic OH excluding ortho intramolecular Hbond substituents is 1. The van der Waals surface area contributed by atoms with Crippen molar-refractivity contribution >= 4 is 35.3 Å². The van der Waals surface area contributed by atoms with Crippen molar-refractivity contribution in [1.29, 1.82) is 0 Å². The molecule has 0 bridgehead atoms. The van der Waals surface area contributed by atoms with Crippen LogP contribution in [0.1, 0.15) is 23.6 Å². The minimum Gasteiger partial charge on any atom is -0.508 e. The number of rotatable bonds is 4. The first-order chi connectivity index (χ1) is 12.0. The van der Waals surface area contributed by atoms with Gasteiger partial charge in [0.2, 0.25) is 0 Å². The molecule has 1 aliphatic rings. The number of hydrogen-bond acceptors (Lipinski definition) is 5. The van der Waals surface area contributed by atoms with Gasteiger partial charge in [-0.15, -0.1) is 0 Å². The van der Waals surface area contributed by atoms with Crippen LogP contribution >= 0.6 is 23.2 Å². The van der Waals surface area contributed by atoms with Crippen LogP contribution < -0.4 is 16.3 Å². The number of nitrogens with one attached hydrogen (secondary N) is 3. The maximum Gasteiger partial charge on any atom is 0.258 e. The molecular weight excluding hydrogens is 363 g/mol. The van der Waals surface area contributed by atoms with Gasteiger partial charge in [-0.2, -0.15) is 5.10 Å². The molecule has 2 unspecified atom stereocenters. The van der Waals surface area contributed by atoms with E-state index < -0.39 is 6.04 Å². The predicted octanol–water partition coefficient (Wildman–Crippen LogP) is 2.76. The summed E-state index contributed by atoms with van der Waals surface area (Å²) in [5, 5.41) is 14.2. The monoisotopic (exact) mass is 378 g/mol. The zero-order chi connectivity index (χ0) is 17.8. The van der Waals surface area contributed by atoms with Gasteiger partial charge in [0, 0.05) is 16.1 Å². The van der Waals surface area contributed by atoms with E-state index in [0.717, 1.165) is 11.1 Å². The molecule has 1 fully saturated rings. The van der Waals surface area contributed by atoms with Crippen LogP contribution in [0.4, 0.5) is 0 Å². The van der Waals surface area contributed by atoms with Crippen molar-refractivity contribution in [3.05, 3.63) is 63.6 Å². The van der Waals surface area contributed by atoms with Crippen molar-refractivity contribution in [2.45, 2.75) is 18.5 Å². The Morgan fingerprint density at radius 2 is 1.84 bits per heavy atom. The minimum absolute atomic E-state index is 0.0759. The molecule has 1 saturated heterocycles. The number of halogens is 2. The number of amides is 1. The molecule has 0 aliphatic carbocycles. The van der Waals surface area contributed by atoms with E-state index in [1.54, 1.807) is 30.3 Å². The fourth-order valence-electron chi connectivity index (χ4n) is 2.53. The highest BCUT2D eigenvalue weighted by atomic mass is 35.5. The molecule has 2 atom stereocenters. The van der Waals surface area contributed by atoms with E-state index in [2.05, 4.69) is 21.4 Å². The first kappa shape index (κ1) is 17.7. The molecule has 25 heavy (non-hydrogen) atoms. The molecule has 2 aromatic carbocycles. The van der Waals surface area contributed by atoms with Crippen LogP contribution in [0.3, 0.4) is 0 Å². The molecule has 4 N–H and O–H groups in total. The highest BCUT2D eigenvalue weighted by Gasteiger charge is 2.30. The molecular formula is C17H16Cl2N4O2. The van der Waals surface area contributed by atoms with Crippen LogP contribution in [0.5, 0.6) is 5.75 Å². The third kappa shape index (κ3) is 4.70. The van der Waals surface area contributed by atoms with E-state index in [0.29, 0.717) is 16.5 Å². The lowest BCUT2D eigenvalue weighted by Gasteiger charge is -2.10. The average molecular weight is 379 g/mol. The standard InChI is InChI=1S/C17H16Cl2N4O2/c18-12-5-11(6-13(19)7-12)15-8-16(22-21-15)17(25)23-20-9-10-1-3-14(24)4-2-10/h1-7,9,15-16,21-22,24H,8H2,(H,23,25)/b20-9+. The Morgan fingerprint density at radius 3 is 2.52 bits per heavy atom. The van der Waals surface area contributed by atoms with Crippen LogP contribution in [-0.4, -0.2) is 23.3 Å². The number of aromatic hydroxyl groups is 1. The van der Waals surface area contributed by atoms with Crippen LogP contribution in [0.15, 0.2) is 47.6 Å². The molecule has 2 aromatic rings. The van der Waals surface area contributed by atoms with Crippen LogP contribution in [0.2, 0.25) is 10.0 Å². The van der Waals surface area contributed by atoms with Crippen molar-refractivity contribution in [2.24, 2.45) is 5.10 Å². The van der Waals surface area contributed by atoms with E-state index in [9.17, 15) is 9.90 Å². The topological polar surface area (TPSA) is 85.8 Å². The predicted molar refractivity (Wildman–Crippen MR) is 97.7 cm³/mol. The summed E-state index contributed by atoms with van der Waals surface area (Å²) in [4.78, 5) is 12.2. The Labute approximate surface area is 154 Å². The smallest absolute Gasteiger partial charge is 0.258 e. The van der Waals surface area contributed by atoms with Gasteiger partial charge in [0.05, 0.1) is 6.21 Å². The summed E-state index contributed by atoms with van der Waals surface area (Å²) in [6, 6.07) is 11.3. The molecule has 8 heteroatoms. The molecule has 0 radical (unpaired) electrons. The van der Waals surface area contributed by atoms with E-state index in [1.807, 2.05) is 12.1 Å². The summed E-state index contributed by atoms with van der Waals surface area (Å²) in [5.41, 5.74) is 10.2. The summed E-state index contributed by atoms with van der Waals surface area (Å²) in [6.07, 6.45) is 2.05. The van der Waals surface area contributed by atoms with Crippen LogP contribution in [-0.2, 0) is 4.79 Å². The summed E-state index contributed by atoms with van der Waals surface area (Å²) >= 11 is 12.0. The molecule has 1 amide bonds. The first-order valence-electron chi connectivity index (χ1n) is 7.60. The number of phenols is 1. The summed E-state index contributed by atoms with van der Waals surface area (Å²) in [6.45, 7) is 0. The van der Waals surface area contributed by atoms with Gasteiger partial charge in [0.15, 0.2) is 0 Å². The maximum atomic E-state index is 12.2. The van der Waals surface area contributed by atoms with Crippen molar-refractivity contribution in [2.75, 3.05) is 0 Å². The molecule has 0 saturated carbocycles. The second-order valence-corrected chi connectivity index (χ2v) is 6.53. The molecule has 6 nitrogen and oxygen atoms in total. The SMILES string of the molecule is O=C(N/N=C/c1ccc(O)cc1)C1CC(c2cc(Cl)cc(Cl)c2)NN1. The second kappa shape index (κ2) is 7.84. The van der Waals surface area contributed by atoms with Gasteiger partial charge in [-0.05, 0) is 60.0 Å². The van der Waals surface area contributed by atoms with Gasteiger partial charge in [0.25, 0.3) is 5.91 Å². The van der Waals surface area contributed by atoms with E-state index in [4.69, 9.17) is 23.2 Å². The number of hydrazone groups is 1. The summed E-state index contributed by atoms with van der Waals surface area (Å²) < 4.78 is 0. The van der Waals surface area contributed by atoms with E-state index in [1.165, 1.54) is 6.21 Å². The summed E-state index contributed by atoms with van der Waals surface area (Å²) in [5.74, 6) is -0.0762. The zero-order valence-corrected chi connectivity index (χ0v) is 14.6. The fraction of sp³-hybridized carbons (Fsp3) is 0.176. The summed E-state index contributed by atoms with van der Waals surface area (Å²) in [7, 11) is 0. The van der Waals surface area contributed by atoms with E-state index >= 15 is 0 Å². The molecule has 1 heterocycles. The van der Waals surface area contributed by atoms with Crippen molar-refractivity contribution in [3.63, 3.8) is 0 Å². The Kier molecular flexibility index (Phi) is 5.55. The second-order valence-electron chi connectivity index (χ2n) is 5.66. The Balaban J connectivity index is 1.56. The third-order valence-electron chi connectivity index (χ3n) is 3.79. The lowest BCUT2D eigenvalue weighted by molar-refractivity contribution is -0.122. The van der Waals surface area contributed by atoms with Crippen LogP contribution in [0.25, 0.3) is 0 Å². The number of carbonyl (C=O) groups is 1. The largest absolute Gasteiger partial charge is 0.508 e. The van der Waals surface area contributed by atoms with Gasteiger partial charge in [-0.3, -0.25) is 4.79 Å². The molecule has 3 rings (SSSR count). The van der Waals surface area contributed by atoms with Crippen molar-refractivity contribution < 1.29 is 9.90 Å². The van der Waals surface area contributed by atoms with E-state index in [-0.39, 0.29) is 17.7 Å². The number of nitrogens with zero attached hydrogens (tertiary/aromatic N) is 1. The fourth-order valence-corrected chi connectivity index (χ4v) is 3.07. The minimum atomic E-state index is -0.431. The maximum absolute atomic E-state index is 12.2. The Morgan fingerprint density at radius 1 is 1.16 bits per heavy atom.